The van der Waals surface area contributed by atoms with Gasteiger partial charge in [-0.3, -0.25) is 9.59 Å². The number of amides is 1. The van der Waals surface area contributed by atoms with Crippen LogP contribution in [0.15, 0.2) is 53.4 Å². The Morgan fingerprint density at radius 2 is 1.80 bits per heavy atom. The lowest BCUT2D eigenvalue weighted by atomic mass is 9.91. The number of sulfonamides is 1. The third-order valence-corrected chi connectivity index (χ3v) is 7.12. The lowest BCUT2D eigenvalue weighted by Crippen LogP contribution is -2.43. The summed E-state index contributed by atoms with van der Waals surface area (Å²) in [6.45, 7) is 3.73. The third-order valence-electron chi connectivity index (χ3n) is 5.39. The number of benzene rings is 2. The summed E-state index contributed by atoms with van der Waals surface area (Å²) in [7, 11) is -2.47. The van der Waals surface area contributed by atoms with Gasteiger partial charge in [0, 0.05) is 29.9 Å². The predicted molar refractivity (Wildman–Crippen MR) is 113 cm³/mol. The van der Waals surface area contributed by atoms with Gasteiger partial charge in [0.05, 0.1) is 17.4 Å². The summed E-state index contributed by atoms with van der Waals surface area (Å²) in [5, 5.41) is 0.727. The maximum Gasteiger partial charge on any atom is 0.314 e. The predicted octanol–water partition coefficient (Wildman–Crippen LogP) is 3.26. The first-order chi connectivity index (χ1) is 14.3. The van der Waals surface area contributed by atoms with Crippen LogP contribution in [0.1, 0.15) is 30.4 Å². The lowest BCUT2D eigenvalue weighted by Gasteiger charge is -2.31. The Labute approximate surface area is 174 Å². The van der Waals surface area contributed by atoms with E-state index < -0.39 is 27.8 Å². The molecule has 0 spiro atoms. The molecule has 0 fully saturated rings. The molecule has 1 aliphatic rings. The Balaban J connectivity index is 1.99. The van der Waals surface area contributed by atoms with E-state index in [0.717, 1.165) is 20.8 Å². The van der Waals surface area contributed by atoms with Crippen LogP contribution >= 0.6 is 0 Å². The highest BCUT2D eigenvalue weighted by atomic mass is 32.2. The zero-order chi connectivity index (χ0) is 21.6. The van der Waals surface area contributed by atoms with Gasteiger partial charge in [0.1, 0.15) is 5.82 Å². The van der Waals surface area contributed by atoms with E-state index in [0.29, 0.717) is 5.56 Å². The molecule has 0 unspecified atom stereocenters. The van der Waals surface area contributed by atoms with Gasteiger partial charge in [-0.05, 0) is 32.0 Å². The van der Waals surface area contributed by atoms with Crippen LogP contribution in [-0.2, 0) is 31.4 Å². The van der Waals surface area contributed by atoms with Crippen LogP contribution in [0.25, 0.3) is 10.9 Å². The molecule has 4 rings (SSSR count). The fourth-order valence-corrected chi connectivity index (χ4v) is 5.47. The number of carbonyl (C=O) groups excluding carboxylic acids is 2. The van der Waals surface area contributed by atoms with Crippen molar-refractivity contribution in [2.75, 3.05) is 10.9 Å². The average molecular weight is 426 g/mol. The molecule has 0 saturated carbocycles. The Hall–Kier alpha value is -3.13. The molecule has 156 valence electrons. The summed E-state index contributed by atoms with van der Waals surface area (Å²) < 4.78 is 34.6. The zero-order valence-corrected chi connectivity index (χ0v) is 17.8. The number of rotatable bonds is 4. The molecule has 1 aromatic heterocycles. The van der Waals surface area contributed by atoms with Crippen molar-refractivity contribution in [3.05, 3.63) is 59.7 Å². The van der Waals surface area contributed by atoms with Gasteiger partial charge in [0.15, 0.2) is 0 Å². The summed E-state index contributed by atoms with van der Waals surface area (Å²) in [6, 6.07) is 13.6. The van der Waals surface area contributed by atoms with Gasteiger partial charge in [0.25, 0.3) is 10.0 Å². The van der Waals surface area contributed by atoms with Crippen molar-refractivity contribution < 1.29 is 22.7 Å². The van der Waals surface area contributed by atoms with Crippen molar-refractivity contribution in [2.24, 2.45) is 7.05 Å². The fraction of sp³-hybridized carbons (Fsp3) is 0.273. The largest absolute Gasteiger partial charge is 0.466 e. The molecule has 7 nitrogen and oxygen atoms in total. The maximum atomic E-state index is 13.5. The van der Waals surface area contributed by atoms with E-state index in [9.17, 15) is 18.0 Å². The maximum absolute atomic E-state index is 13.5. The molecule has 1 atom stereocenters. The molecular weight excluding hydrogens is 404 g/mol. The molecule has 0 radical (unpaired) electrons. The SMILES string of the molecule is CCOC(=O)[C@H]1CC(=O)N(S(=O)(=O)c2ccc(C)cc2)c2c1c1ccccc1n2C. The number of aromatic nitrogens is 1. The highest BCUT2D eigenvalue weighted by molar-refractivity contribution is 7.93. The van der Waals surface area contributed by atoms with Crippen molar-refractivity contribution in [1.29, 1.82) is 0 Å². The molecule has 1 aliphatic heterocycles. The second-order valence-electron chi connectivity index (χ2n) is 7.30. The van der Waals surface area contributed by atoms with Gasteiger partial charge >= 0.3 is 5.97 Å². The second kappa shape index (κ2) is 7.28. The standard InChI is InChI=1S/C22H22N2O5S/c1-4-29-22(26)17-13-19(25)24(30(27,28)15-11-9-14(2)10-12-15)21-20(17)16-7-5-6-8-18(16)23(21)3/h5-12,17H,4,13H2,1-3H3/t17-/m0/s1. The van der Waals surface area contributed by atoms with Gasteiger partial charge in [-0.1, -0.05) is 35.9 Å². The minimum absolute atomic E-state index is 0.0206. The smallest absolute Gasteiger partial charge is 0.314 e. The minimum atomic E-state index is -4.16. The summed E-state index contributed by atoms with van der Waals surface area (Å²) >= 11 is 0. The Bertz CT molecular complexity index is 1260. The number of aryl methyl sites for hydroxylation is 2. The normalized spacial score (nSPS) is 16.6. The first-order valence-corrected chi connectivity index (χ1v) is 11.1. The third kappa shape index (κ3) is 2.99. The van der Waals surface area contributed by atoms with Crippen LogP contribution in [-0.4, -0.2) is 31.5 Å². The van der Waals surface area contributed by atoms with E-state index >= 15 is 0 Å². The monoisotopic (exact) mass is 426 g/mol. The van der Waals surface area contributed by atoms with Crippen LogP contribution in [0.5, 0.6) is 0 Å². The van der Waals surface area contributed by atoms with E-state index in [2.05, 4.69) is 0 Å². The van der Waals surface area contributed by atoms with Crippen LogP contribution in [0.2, 0.25) is 0 Å². The number of hydrogen-bond acceptors (Lipinski definition) is 5. The average Bonchev–Trinajstić information content (AvgIpc) is 3.00. The van der Waals surface area contributed by atoms with Gasteiger partial charge < -0.3 is 9.30 Å². The van der Waals surface area contributed by atoms with Crippen molar-refractivity contribution in [3.8, 4) is 0 Å². The minimum Gasteiger partial charge on any atom is -0.466 e. The summed E-state index contributed by atoms with van der Waals surface area (Å²) in [5.41, 5.74) is 2.14. The molecule has 0 bridgehead atoms. The van der Waals surface area contributed by atoms with E-state index in [1.807, 2.05) is 31.2 Å². The topological polar surface area (TPSA) is 85.7 Å². The number of para-hydroxylation sites is 1. The van der Waals surface area contributed by atoms with Crippen LogP contribution in [0.3, 0.4) is 0 Å². The Kier molecular flexibility index (Phi) is 4.89. The van der Waals surface area contributed by atoms with Crippen molar-refractivity contribution in [1.82, 2.24) is 4.57 Å². The Morgan fingerprint density at radius 3 is 2.47 bits per heavy atom. The number of anilines is 1. The van der Waals surface area contributed by atoms with E-state index in [1.54, 1.807) is 30.7 Å². The number of esters is 1. The molecule has 1 amide bonds. The van der Waals surface area contributed by atoms with Crippen molar-refractivity contribution in [3.63, 3.8) is 0 Å². The molecule has 30 heavy (non-hydrogen) atoms. The molecule has 2 aromatic carbocycles. The number of ether oxygens (including phenoxy) is 1. The highest BCUT2D eigenvalue weighted by Gasteiger charge is 2.45. The van der Waals surface area contributed by atoms with Gasteiger partial charge in [-0.15, -0.1) is 0 Å². The molecule has 2 heterocycles. The molecule has 0 saturated heterocycles. The highest BCUT2D eigenvalue weighted by Crippen LogP contribution is 2.45. The van der Waals surface area contributed by atoms with Crippen molar-refractivity contribution >= 4 is 38.6 Å². The number of hydrogen-bond donors (Lipinski definition) is 0. The van der Waals surface area contributed by atoms with Gasteiger partial charge in [0.2, 0.25) is 5.91 Å². The lowest BCUT2D eigenvalue weighted by molar-refractivity contribution is -0.146. The van der Waals surface area contributed by atoms with Crippen LogP contribution in [0.4, 0.5) is 5.82 Å². The summed E-state index contributed by atoms with van der Waals surface area (Å²) in [5.74, 6) is -1.86. The molecule has 0 aliphatic carbocycles. The number of nitrogens with zero attached hydrogens (tertiary/aromatic N) is 2. The van der Waals surface area contributed by atoms with Crippen molar-refractivity contribution in [2.45, 2.75) is 31.1 Å². The van der Waals surface area contributed by atoms with E-state index in [-0.39, 0.29) is 23.7 Å². The molecule has 0 N–H and O–H groups in total. The zero-order valence-electron chi connectivity index (χ0n) is 17.0. The first-order valence-electron chi connectivity index (χ1n) is 9.66. The summed E-state index contributed by atoms with van der Waals surface area (Å²) in [6.07, 6.45) is -0.273. The molecule has 8 heteroatoms. The van der Waals surface area contributed by atoms with Crippen LogP contribution < -0.4 is 4.31 Å². The van der Waals surface area contributed by atoms with Gasteiger partial charge in [-0.2, -0.15) is 4.31 Å². The first kappa shape index (κ1) is 20.2. The number of fused-ring (bicyclic) bond motifs is 3. The Morgan fingerprint density at radius 1 is 1.13 bits per heavy atom. The van der Waals surface area contributed by atoms with Crippen LogP contribution in [0, 0.1) is 6.92 Å². The fourth-order valence-electron chi connectivity index (χ4n) is 3.98. The number of carbonyl (C=O) groups is 2. The summed E-state index contributed by atoms with van der Waals surface area (Å²) in [4.78, 5) is 25.8. The van der Waals surface area contributed by atoms with Gasteiger partial charge in [-0.25, -0.2) is 8.42 Å². The molecular formula is C22H22N2O5S. The second-order valence-corrected chi connectivity index (χ2v) is 9.09. The van der Waals surface area contributed by atoms with E-state index in [1.165, 1.54) is 12.1 Å². The van der Waals surface area contributed by atoms with E-state index in [4.69, 9.17) is 4.74 Å². The molecule has 3 aromatic rings. The quantitative estimate of drug-likeness (QED) is 0.598.